The van der Waals surface area contributed by atoms with Gasteiger partial charge in [-0.2, -0.15) is 0 Å². The van der Waals surface area contributed by atoms with Gasteiger partial charge >= 0.3 is 0 Å². The monoisotopic (exact) mass is 294 g/mol. The van der Waals surface area contributed by atoms with E-state index in [1.165, 1.54) is 6.07 Å². The molecule has 2 fully saturated rings. The average Bonchev–Trinajstić information content (AvgIpc) is 2.47. The first-order valence-electron chi connectivity index (χ1n) is 7.75. The predicted octanol–water partition coefficient (Wildman–Crippen LogP) is 3.14. The molecule has 2 atom stereocenters. The molecule has 2 saturated heterocycles. The topological polar surface area (TPSA) is 38.7 Å². The Morgan fingerprint density at radius 1 is 1.29 bits per heavy atom. The fraction of sp³-hybridized carbons (Fsp3) is 0.647. The summed E-state index contributed by atoms with van der Waals surface area (Å²) in [4.78, 5) is 0. The van der Waals surface area contributed by atoms with Gasteiger partial charge in [-0.25, -0.2) is 4.39 Å². The van der Waals surface area contributed by atoms with E-state index in [2.05, 4.69) is 0 Å². The Bertz CT molecular complexity index is 491. The highest BCUT2D eigenvalue weighted by Crippen LogP contribution is 2.42. The van der Waals surface area contributed by atoms with E-state index in [1.54, 1.807) is 6.07 Å². The van der Waals surface area contributed by atoms with Crippen molar-refractivity contribution in [3.05, 3.63) is 35.1 Å². The van der Waals surface area contributed by atoms with Gasteiger partial charge < -0.3 is 14.6 Å². The molecule has 0 bridgehead atoms. The maximum atomic E-state index is 14.1. The van der Waals surface area contributed by atoms with Gasteiger partial charge in [0.15, 0.2) is 0 Å². The normalized spacial score (nSPS) is 26.7. The largest absolute Gasteiger partial charge is 0.388 e. The predicted molar refractivity (Wildman–Crippen MR) is 77.6 cm³/mol. The minimum absolute atomic E-state index is 0.0501. The molecule has 2 aliphatic rings. The van der Waals surface area contributed by atoms with Crippen LogP contribution in [0.1, 0.15) is 42.9 Å². The van der Waals surface area contributed by atoms with Crippen molar-refractivity contribution < 1.29 is 19.0 Å². The molecule has 0 amide bonds. The molecule has 1 N–H and O–H groups in total. The van der Waals surface area contributed by atoms with Crippen LogP contribution in [0, 0.1) is 18.7 Å². The summed E-state index contributed by atoms with van der Waals surface area (Å²) in [6.07, 6.45) is 2.54. The number of benzene rings is 1. The molecule has 1 aromatic carbocycles. The minimum atomic E-state index is -0.755. The summed E-state index contributed by atoms with van der Waals surface area (Å²) in [5.41, 5.74) is 1.11. The molecule has 1 spiro atoms. The summed E-state index contributed by atoms with van der Waals surface area (Å²) in [6.45, 7) is 3.91. The smallest absolute Gasteiger partial charge is 0.129 e. The van der Waals surface area contributed by atoms with Crippen LogP contribution in [0.15, 0.2) is 18.2 Å². The number of ether oxygens (including phenoxy) is 2. The molecular formula is C17H23FO3. The van der Waals surface area contributed by atoms with Crippen molar-refractivity contribution in [1.82, 2.24) is 0 Å². The molecule has 116 valence electrons. The fourth-order valence-corrected chi connectivity index (χ4v) is 3.55. The van der Waals surface area contributed by atoms with E-state index in [-0.39, 0.29) is 17.3 Å². The number of aliphatic hydroxyl groups is 1. The Balaban J connectivity index is 1.76. The Kier molecular flexibility index (Phi) is 4.29. The van der Waals surface area contributed by atoms with Crippen LogP contribution in [-0.2, 0) is 9.47 Å². The fourth-order valence-electron chi connectivity index (χ4n) is 3.55. The molecule has 4 heteroatoms. The van der Waals surface area contributed by atoms with Crippen LogP contribution in [0.3, 0.4) is 0 Å². The van der Waals surface area contributed by atoms with Crippen molar-refractivity contribution in [2.24, 2.45) is 5.92 Å². The Morgan fingerprint density at radius 2 is 2.05 bits per heavy atom. The zero-order valence-electron chi connectivity index (χ0n) is 12.5. The summed E-state index contributed by atoms with van der Waals surface area (Å²) >= 11 is 0. The van der Waals surface area contributed by atoms with Gasteiger partial charge in [0.05, 0.1) is 11.7 Å². The van der Waals surface area contributed by atoms with Crippen LogP contribution in [0.4, 0.5) is 4.39 Å². The van der Waals surface area contributed by atoms with Gasteiger partial charge in [-0.1, -0.05) is 12.1 Å². The van der Waals surface area contributed by atoms with Crippen LogP contribution in [0.5, 0.6) is 0 Å². The maximum absolute atomic E-state index is 14.1. The lowest BCUT2D eigenvalue weighted by atomic mass is 9.77. The maximum Gasteiger partial charge on any atom is 0.129 e. The summed E-state index contributed by atoms with van der Waals surface area (Å²) < 4.78 is 25.5. The van der Waals surface area contributed by atoms with Gasteiger partial charge in [-0.05, 0) is 50.2 Å². The number of rotatable bonds is 2. The van der Waals surface area contributed by atoms with Crippen molar-refractivity contribution >= 4 is 0 Å². The van der Waals surface area contributed by atoms with Crippen LogP contribution in [0.2, 0.25) is 0 Å². The van der Waals surface area contributed by atoms with Crippen molar-refractivity contribution in [2.75, 3.05) is 19.8 Å². The molecule has 2 aliphatic heterocycles. The average molecular weight is 294 g/mol. The Morgan fingerprint density at radius 3 is 2.76 bits per heavy atom. The third-order valence-corrected chi connectivity index (χ3v) is 4.86. The van der Waals surface area contributed by atoms with Crippen molar-refractivity contribution in [1.29, 1.82) is 0 Å². The molecule has 0 radical (unpaired) electrons. The zero-order valence-corrected chi connectivity index (χ0v) is 12.5. The first-order valence-corrected chi connectivity index (χ1v) is 7.75. The van der Waals surface area contributed by atoms with Crippen LogP contribution in [0.25, 0.3) is 0 Å². The van der Waals surface area contributed by atoms with E-state index in [0.717, 1.165) is 31.2 Å². The van der Waals surface area contributed by atoms with Gasteiger partial charge in [0.2, 0.25) is 0 Å². The molecule has 3 rings (SSSR count). The standard InChI is InChI=1S/C17H23FO3/c1-12-2-3-14(15(18)10-12)16(19)13-4-7-21-17(11-13)5-8-20-9-6-17/h2-3,10,13,16,19H,4-9,11H2,1H3. The lowest BCUT2D eigenvalue weighted by Crippen LogP contribution is -2.45. The van der Waals surface area contributed by atoms with E-state index < -0.39 is 6.10 Å². The third kappa shape index (κ3) is 3.12. The van der Waals surface area contributed by atoms with Crippen LogP contribution < -0.4 is 0 Å². The highest BCUT2D eigenvalue weighted by atomic mass is 19.1. The van der Waals surface area contributed by atoms with Gasteiger partial charge in [0, 0.05) is 25.4 Å². The van der Waals surface area contributed by atoms with Gasteiger partial charge in [0.25, 0.3) is 0 Å². The molecule has 0 aliphatic carbocycles. The lowest BCUT2D eigenvalue weighted by molar-refractivity contribution is -0.159. The van der Waals surface area contributed by atoms with Gasteiger partial charge in [0.1, 0.15) is 5.82 Å². The lowest BCUT2D eigenvalue weighted by Gasteiger charge is -2.44. The highest BCUT2D eigenvalue weighted by Gasteiger charge is 2.41. The highest BCUT2D eigenvalue weighted by molar-refractivity contribution is 5.25. The molecular weight excluding hydrogens is 271 g/mol. The molecule has 1 aromatic rings. The second kappa shape index (κ2) is 6.03. The van der Waals surface area contributed by atoms with Crippen molar-refractivity contribution in [3.63, 3.8) is 0 Å². The number of hydrogen-bond donors (Lipinski definition) is 1. The summed E-state index contributed by atoms with van der Waals surface area (Å²) in [5.74, 6) is -0.260. The van der Waals surface area contributed by atoms with Crippen LogP contribution >= 0.6 is 0 Å². The quantitative estimate of drug-likeness (QED) is 0.910. The third-order valence-electron chi connectivity index (χ3n) is 4.86. The Labute approximate surface area is 125 Å². The van der Waals surface area contributed by atoms with E-state index in [4.69, 9.17) is 9.47 Å². The Hall–Kier alpha value is -0.970. The number of halogens is 1. The van der Waals surface area contributed by atoms with Crippen molar-refractivity contribution in [3.8, 4) is 0 Å². The first-order chi connectivity index (χ1) is 10.1. The molecule has 3 nitrogen and oxygen atoms in total. The number of aryl methyl sites for hydroxylation is 1. The van der Waals surface area contributed by atoms with E-state index >= 15 is 0 Å². The molecule has 21 heavy (non-hydrogen) atoms. The van der Waals surface area contributed by atoms with E-state index in [0.29, 0.717) is 25.4 Å². The molecule has 2 unspecified atom stereocenters. The van der Waals surface area contributed by atoms with Crippen LogP contribution in [-0.4, -0.2) is 30.5 Å². The molecule has 0 aromatic heterocycles. The number of hydrogen-bond acceptors (Lipinski definition) is 3. The van der Waals surface area contributed by atoms with Crippen molar-refractivity contribution in [2.45, 2.75) is 44.3 Å². The summed E-state index contributed by atoms with van der Waals surface area (Å²) in [7, 11) is 0. The molecule has 2 heterocycles. The van der Waals surface area contributed by atoms with E-state index in [9.17, 15) is 9.50 Å². The second-order valence-corrected chi connectivity index (χ2v) is 6.37. The zero-order chi connectivity index (χ0) is 14.9. The van der Waals surface area contributed by atoms with Gasteiger partial charge in [-0.3, -0.25) is 0 Å². The first kappa shape index (κ1) is 14.9. The number of aliphatic hydroxyl groups excluding tert-OH is 1. The van der Waals surface area contributed by atoms with Gasteiger partial charge in [-0.15, -0.1) is 0 Å². The van der Waals surface area contributed by atoms with E-state index in [1.807, 2.05) is 13.0 Å². The summed E-state index contributed by atoms with van der Waals surface area (Å²) in [5, 5.41) is 10.6. The second-order valence-electron chi connectivity index (χ2n) is 6.37. The molecule has 0 saturated carbocycles. The minimum Gasteiger partial charge on any atom is -0.388 e. The SMILES string of the molecule is Cc1ccc(C(O)C2CCOC3(CCOCC3)C2)c(F)c1. The summed E-state index contributed by atoms with van der Waals surface area (Å²) in [6, 6.07) is 5.05.